The van der Waals surface area contributed by atoms with Crippen molar-refractivity contribution in [2.75, 3.05) is 6.61 Å². The first kappa shape index (κ1) is 21.8. The molecule has 1 aromatic carbocycles. The second-order valence-electron chi connectivity index (χ2n) is 10.8. The molecule has 0 atom stereocenters. The largest absolute Gasteiger partial charge is 0.396 e. The van der Waals surface area contributed by atoms with Crippen LogP contribution in [0.3, 0.4) is 0 Å². The molecule has 1 aliphatic carbocycles. The standard InChI is InChI=1S/C26H36BNOS/c1-18(10-15-29)27-13-8-19(9-14-27)24-28-23(17-30-24)20-6-7-21-22(16-20)26(4,5)12-11-25(21,2)3/h6-7,16-17,19,29H,1,8-15H2,2-5H3. The van der Waals surface area contributed by atoms with Crippen LogP contribution >= 0.6 is 11.3 Å². The van der Waals surface area contributed by atoms with Crippen LogP contribution in [0.25, 0.3) is 11.3 Å². The van der Waals surface area contributed by atoms with Gasteiger partial charge in [-0.05, 0) is 47.3 Å². The van der Waals surface area contributed by atoms with Crippen molar-refractivity contribution in [3.05, 3.63) is 51.8 Å². The highest BCUT2D eigenvalue weighted by Gasteiger charge is 2.37. The number of nitrogens with zero attached hydrogens (tertiary/aromatic N) is 1. The molecule has 1 N–H and O–H groups in total. The summed E-state index contributed by atoms with van der Waals surface area (Å²) in [5.74, 6) is 0.579. The molecule has 0 amide bonds. The minimum Gasteiger partial charge on any atom is -0.396 e. The van der Waals surface area contributed by atoms with E-state index in [1.54, 1.807) is 0 Å². The van der Waals surface area contributed by atoms with Gasteiger partial charge in [0.05, 0.1) is 10.7 Å². The van der Waals surface area contributed by atoms with Crippen molar-refractivity contribution in [1.29, 1.82) is 0 Å². The van der Waals surface area contributed by atoms with Gasteiger partial charge in [0.25, 0.3) is 0 Å². The molecule has 4 heteroatoms. The van der Waals surface area contributed by atoms with Crippen LogP contribution in [0.4, 0.5) is 0 Å². The summed E-state index contributed by atoms with van der Waals surface area (Å²) < 4.78 is 0. The fourth-order valence-corrected chi connectivity index (χ4v) is 6.45. The van der Waals surface area contributed by atoms with E-state index in [4.69, 9.17) is 4.98 Å². The van der Waals surface area contributed by atoms with Crippen molar-refractivity contribution < 1.29 is 5.11 Å². The van der Waals surface area contributed by atoms with Gasteiger partial charge in [0, 0.05) is 23.5 Å². The lowest BCUT2D eigenvalue weighted by molar-refractivity contribution is 0.301. The second kappa shape index (κ2) is 8.28. The number of aliphatic hydroxyl groups excluding tert-OH is 1. The lowest BCUT2D eigenvalue weighted by Gasteiger charge is -2.42. The third-order valence-corrected chi connectivity index (χ3v) is 8.76. The van der Waals surface area contributed by atoms with Crippen LogP contribution in [0, 0.1) is 0 Å². The highest BCUT2D eigenvalue weighted by molar-refractivity contribution is 7.10. The van der Waals surface area contributed by atoms with E-state index in [9.17, 15) is 5.11 Å². The molecule has 30 heavy (non-hydrogen) atoms. The van der Waals surface area contributed by atoms with Crippen LogP contribution in [0.15, 0.2) is 35.6 Å². The number of thiazole rings is 1. The van der Waals surface area contributed by atoms with E-state index < -0.39 is 0 Å². The Balaban J connectivity index is 1.52. The van der Waals surface area contributed by atoms with Crippen LogP contribution < -0.4 is 0 Å². The van der Waals surface area contributed by atoms with Crippen molar-refractivity contribution in [1.82, 2.24) is 4.98 Å². The molecule has 2 heterocycles. The van der Waals surface area contributed by atoms with Gasteiger partial charge in [0.1, 0.15) is 0 Å². The van der Waals surface area contributed by atoms with Gasteiger partial charge in [-0.15, -0.1) is 23.4 Å². The predicted octanol–water partition coefficient (Wildman–Crippen LogP) is 7.01. The normalized spacial score (nSPS) is 20.8. The second-order valence-corrected chi connectivity index (χ2v) is 11.7. The summed E-state index contributed by atoms with van der Waals surface area (Å²) in [5, 5.41) is 12.7. The quantitative estimate of drug-likeness (QED) is 0.527. The minimum atomic E-state index is 0.226. The highest BCUT2D eigenvalue weighted by atomic mass is 32.1. The molecule has 0 radical (unpaired) electrons. The molecule has 160 valence electrons. The van der Waals surface area contributed by atoms with E-state index in [2.05, 4.69) is 57.9 Å². The Morgan fingerprint density at radius 1 is 1.13 bits per heavy atom. The van der Waals surface area contributed by atoms with Gasteiger partial charge in [-0.2, -0.15) is 0 Å². The molecule has 2 aliphatic rings. The summed E-state index contributed by atoms with van der Waals surface area (Å²) in [4.78, 5) is 5.10. The first-order valence-corrected chi connectivity index (χ1v) is 12.5. The van der Waals surface area contributed by atoms with Crippen LogP contribution in [0.5, 0.6) is 0 Å². The number of aromatic nitrogens is 1. The summed E-state index contributed by atoms with van der Waals surface area (Å²) in [6.45, 7) is 14.5. The van der Waals surface area contributed by atoms with E-state index >= 15 is 0 Å². The first-order valence-electron chi connectivity index (χ1n) is 11.6. The maximum atomic E-state index is 9.17. The first-order chi connectivity index (χ1) is 14.2. The van der Waals surface area contributed by atoms with E-state index in [1.807, 2.05) is 11.3 Å². The van der Waals surface area contributed by atoms with Gasteiger partial charge >= 0.3 is 0 Å². The fourth-order valence-electron chi connectivity index (χ4n) is 5.45. The van der Waals surface area contributed by atoms with Crippen molar-refractivity contribution >= 4 is 18.0 Å². The number of benzene rings is 1. The molecule has 1 aromatic heterocycles. The Bertz CT molecular complexity index is 921. The van der Waals surface area contributed by atoms with Gasteiger partial charge in [0.15, 0.2) is 6.71 Å². The van der Waals surface area contributed by atoms with Gasteiger partial charge in [0.2, 0.25) is 0 Å². The Labute approximate surface area is 186 Å². The maximum absolute atomic E-state index is 9.17. The Morgan fingerprint density at radius 2 is 1.80 bits per heavy atom. The molecule has 1 saturated heterocycles. The smallest absolute Gasteiger partial charge is 0.169 e. The summed E-state index contributed by atoms with van der Waals surface area (Å²) in [5.41, 5.74) is 7.16. The summed E-state index contributed by atoms with van der Waals surface area (Å²) in [6, 6.07) is 7.07. The van der Waals surface area contributed by atoms with Crippen molar-refractivity contribution in [3.8, 4) is 11.3 Å². The minimum absolute atomic E-state index is 0.226. The number of rotatable bonds is 5. The lowest BCUT2D eigenvalue weighted by Crippen LogP contribution is -2.33. The van der Waals surface area contributed by atoms with Crippen LogP contribution in [-0.2, 0) is 10.8 Å². The average molecular weight is 421 g/mol. The van der Waals surface area contributed by atoms with Gasteiger partial charge < -0.3 is 5.11 Å². The molecule has 0 saturated carbocycles. The molecule has 2 nitrogen and oxygen atoms in total. The molecule has 2 aromatic rings. The summed E-state index contributed by atoms with van der Waals surface area (Å²) >= 11 is 1.83. The Morgan fingerprint density at radius 3 is 2.47 bits per heavy atom. The zero-order valence-corrected chi connectivity index (χ0v) is 19.9. The lowest BCUT2D eigenvalue weighted by atomic mass is 9.36. The highest BCUT2D eigenvalue weighted by Crippen LogP contribution is 2.47. The van der Waals surface area contributed by atoms with E-state index in [1.165, 1.54) is 65.5 Å². The molecule has 1 fully saturated rings. The van der Waals surface area contributed by atoms with Gasteiger partial charge in [-0.1, -0.05) is 65.3 Å². The molecular formula is C26H36BNOS. The molecule has 0 bridgehead atoms. The van der Waals surface area contributed by atoms with Gasteiger partial charge in [-0.25, -0.2) is 4.98 Å². The van der Waals surface area contributed by atoms with Crippen molar-refractivity contribution in [2.45, 2.75) is 89.2 Å². The number of fused-ring (bicyclic) bond motifs is 1. The Kier molecular flexibility index (Phi) is 6.02. The van der Waals surface area contributed by atoms with E-state index in [0.717, 1.165) is 12.1 Å². The maximum Gasteiger partial charge on any atom is 0.169 e. The third-order valence-electron chi connectivity index (χ3n) is 7.76. The van der Waals surface area contributed by atoms with E-state index in [0.29, 0.717) is 12.6 Å². The third kappa shape index (κ3) is 4.18. The predicted molar refractivity (Wildman–Crippen MR) is 131 cm³/mol. The molecule has 0 unspecified atom stereocenters. The van der Waals surface area contributed by atoms with Crippen LogP contribution in [0.1, 0.15) is 81.9 Å². The van der Waals surface area contributed by atoms with Crippen molar-refractivity contribution in [2.24, 2.45) is 0 Å². The fraction of sp³-hybridized carbons (Fsp3) is 0.577. The molecular weight excluding hydrogens is 385 g/mol. The number of hydrogen-bond donors (Lipinski definition) is 1. The molecule has 1 aliphatic heterocycles. The zero-order chi connectivity index (χ0) is 21.5. The van der Waals surface area contributed by atoms with Crippen LogP contribution in [-0.4, -0.2) is 23.4 Å². The SMILES string of the molecule is C=C(CCO)B1CCC(c2nc(-c3ccc4c(c3)C(C)(C)CCC4(C)C)cs2)CC1. The van der Waals surface area contributed by atoms with Gasteiger partial charge in [-0.3, -0.25) is 0 Å². The van der Waals surface area contributed by atoms with Crippen molar-refractivity contribution in [3.63, 3.8) is 0 Å². The monoisotopic (exact) mass is 421 g/mol. The molecule has 0 spiro atoms. The zero-order valence-electron chi connectivity index (χ0n) is 19.1. The summed E-state index contributed by atoms with van der Waals surface area (Å²) in [7, 11) is 0. The van der Waals surface area contributed by atoms with Crippen LogP contribution in [0.2, 0.25) is 12.6 Å². The average Bonchev–Trinajstić information content (AvgIpc) is 3.22. The topological polar surface area (TPSA) is 33.1 Å². The Hall–Kier alpha value is -1.39. The van der Waals surface area contributed by atoms with E-state index in [-0.39, 0.29) is 17.4 Å². The number of hydrogen-bond acceptors (Lipinski definition) is 3. The number of aliphatic hydroxyl groups is 1. The summed E-state index contributed by atoms with van der Waals surface area (Å²) in [6.07, 6.45) is 7.98. The molecule has 4 rings (SSSR count).